The maximum absolute atomic E-state index is 14.7. The number of hydrogen-bond donors (Lipinski definition) is 9. The Morgan fingerprint density at radius 2 is 1.52 bits per heavy atom. The van der Waals surface area contributed by atoms with Crippen LogP contribution >= 0.6 is 0 Å². The van der Waals surface area contributed by atoms with Gasteiger partial charge in [0.2, 0.25) is 6.29 Å². The van der Waals surface area contributed by atoms with Crippen molar-refractivity contribution in [2.24, 2.45) is 50.2 Å². The minimum Gasteiger partial charge on any atom is -0.432 e. The van der Waals surface area contributed by atoms with Crippen LogP contribution in [-0.2, 0) is 23.7 Å². The van der Waals surface area contributed by atoms with E-state index in [9.17, 15) is 50.8 Å². The largest absolute Gasteiger partial charge is 0.432 e. The normalized spacial score (nSPS) is 54.1. The average molecular weight is 797 g/mol. The van der Waals surface area contributed by atoms with E-state index in [0.717, 1.165) is 44.9 Å². The van der Waals surface area contributed by atoms with Crippen LogP contribution in [0.5, 0.6) is 0 Å². The van der Waals surface area contributed by atoms with E-state index in [0.29, 0.717) is 25.2 Å². The molecule has 14 nitrogen and oxygen atoms in total. The van der Waals surface area contributed by atoms with E-state index in [1.54, 1.807) is 0 Å². The van der Waals surface area contributed by atoms with Crippen LogP contribution in [0.25, 0.3) is 0 Å². The van der Waals surface area contributed by atoms with Crippen molar-refractivity contribution in [3.63, 3.8) is 0 Å². The molecule has 6 fully saturated rings. The van der Waals surface area contributed by atoms with Crippen LogP contribution < -0.4 is 0 Å². The molecule has 4 saturated carbocycles. The summed E-state index contributed by atoms with van der Waals surface area (Å²) in [5.41, 5.74) is -2.74. The second-order valence-electron chi connectivity index (χ2n) is 20.7. The van der Waals surface area contributed by atoms with Crippen molar-refractivity contribution in [2.45, 2.75) is 167 Å². The lowest BCUT2D eigenvalue weighted by Crippen LogP contribution is -2.67. The fourth-order valence-corrected chi connectivity index (χ4v) is 13.4. The molecule has 14 heteroatoms. The van der Waals surface area contributed by atoms with Gasteiger partial charge in [0, 0.05) is 5.41 Å². The van der Waals surface area contributed by atoms with Gasteiger partial charge in [0.25, 0.3) is 0 Å². The molecule has 18 atom stereocenters. The van der Waals surface area contributed by atoms with Crippen molar-refractivity contribution >= 4 is 5.97 Å². The molecule has 0 bridgehead atoms. The van der Waals surface area contributed by atoms with Gasteiger partial charge in [0.05, 0.1) is 37.9 Å². The number of hydrogen-bond acceptors (Lipinski definition) is 14. The summed E-state index contributed by atoms with van der Waals surface area (Å²) in [5, 5.41) is 95.4. The lowest BCUT2D eigenvalue weighted by atomic mass is 9.33. The molecule has 7 aliphatic rings. The first-order chi connectivity index (χ1) is 26.1. The lowest BCUT2D eigenvalue weighted by Gasteiger charge is -2.71. The van der Waals surface area contributed by atoms with E-state index in [2.05, 4.69) is 47.6 Å². The van der Waals surface area contributed by atoms with Crippen molar-refractivity contribution in [1.82, 2.24) is 0 Å². The molecule has 0 spiro atoms. The van der Waals surface area contributed by atoms with Crippen molar-refractivity contribution in [1.29, 1.82) is 0 Å². The average Bonchev–Trinajstić information content (AvgIpc) is 3.15. The second kappa shape index (κ2) is 14.4. The van der Waals surface area contributed by atoms with Gasteiger partial charge >= 0.3 is 5.97 Å². The molecule has 0 aromatic heterocycles. The summed E-state index contributed by atoms with van der Waals surface area (Å²) >= 11 is 0. The molecule has 2 saturated heterocycles. The number of aliphatic hydroxyl groups is 9. The van der Waals surface area contributed by atoms with Gasteiger partial charge in [-0.1, -0.05) is 53.2 Å². The minimum atomic E-state index is -2.23. The van der Waals surface area contributed by atoms with Crippen LogP contribution in [0.15, 0.2) is 11.6 Å². The lowest BCUT2D eigenvalue weighted by molar-refractivity contribution is -0.334. The fraction of sp³-hybridized carbons (Fsp3) is 0.929. The van der Waals surface area contributed by atoms with Crippen molar-refractivity contribution < 1.29 is 69.7 Å². The second-order valence-corrected chi connectivity index (χ2v) is 20.7. The Kier molecular flexibility index (Phi) is 11.0. The third kappa shape index (κ3) is 6.21. The highest BCUT2D eigenvalue weighted by Crippen LogP contribution is 2.76. The molecule has 0 aromatic carbocycles. The molecular formula is C42H68O14. The van der Waals surface area contributed by atoms with Gasteiger partial charge in [-0.15, -0.1) is 0 Å². The first kappa shape index (κ1) is 42.8. The van der Waals surface area contributed by atoms with Crippen molar-refractivity contribution in [2.75, 3.05) is 26.4 Å². The number of carbonyl (C=O) groups is 1. The van der Waals surface area contributed by atoms with E-state index < -0.39 is 97.5 Å². The number of allylic oxidation sites excluding steroid dienone is 2. The van der Waals surface area contributed by atoms with Gasteiger partial charge < -0.3 is 64.9 Å². The number of carbonyl (C=O) groups excluding carboxylic acids is 1. The fourth-order valence-electron chi connectivity index (χ4n) is 13.4. The molecule has 2 aliphatic heterocycles. The third-order valence-electron chi connectivity index (χ3n) is 17.4. The smallest absolute Gasteiger partial charge is 0.315 e. The zero-order valence-electron chi connectivity index (χ0n) is 34.0. The summed E-state index contributed by atoms with van der Waals surface area (Å²) in [4.78, 5) is 14.7. The highest BCUT2D eigenvalue weighted by atomic mass is 16.7. The van der Waals surface area contributed by atoms with Crippen molar-refractivity contribution in [3.8, 4) is 0 Å². The summed E-state index contributed by atoms with van der Waals surface area (Å²) in [6.45, 7) is 11.7. The van der Waals surface area contributed by atoms with Gasteiger partial charge in [-0.3, -0.25) is 4.79 Å². The molecule has 9 N–H and O–H groups in total. The summed E-state index contributed by atoms with van der Waals surface area (Å²) in [6.07, 6.45) is -3.52. The van der Waals surface area contributed by atoms with Crippen LogP contribution in [0, 0.1) is 50.2 Å². The van der Waals surface area contributed by atoms with E-state index in [-0.39, 0.29) is 40.1 Å². The molecule has 5 aliphatic carbocycles. The van der Waals surface area contributed by atoms with Crippen LogP contribution in [0.4, 0.5) is 0 Å². The van der Waals surface area contributed by atoms with Gasteiger partial charge in [0.1, 0.15) is 42.2 Å². The molecule has 0 unspecified atom stereocenters. The number of ether oxygens (including phenoxy) is 4. The molecule has 320 valence electrons. The number of aliphatic hydroxyl groups excluding tert-OH is 8. The monoisotopic (exact) mass is 796 g/mol. The van der Waals surface area contributed by atoms with Crippen LogP contribution in [-0.4, -0.2) is 139 Å². The molecule has 0 amide bonds. The van der Waals surface area contributed by atoms with E-state index >= 15 is 0 Å². The minimum absolute atomic E-state index is 0.0358. The molecule has 7 rings (SSSR count). The topological polar surface area (TPSA) is 236 Å². The van der Waals surface area contributed by atoms with E-state index in [1.165, 1.54) is 5.57 Å². The molecule has 2 heterocycles. The summed E-state index contributed by atoms with van der Waals surface area (Å²) in [6, 6.07) is 0. The third-order valence-corrected chi connectivity index (χ3v) is 17.4. The Morgan fingerprint density at radius 3 is 2.20 bits per heavy atom. The molecule has 0 radical (unpaired) electrons. The quantitative estimate of drug-likeness (QED) is 0.131. The van der Waals surface area contributed by atoms with Crippen LogP contribution in [0.1, 0.15) is 106 Å². The first-order valence-corrected chi connectivity index (χ1v) is 20.9. The van der Waals surface area contributed by atoms with Crippen LogP contribution in [0.2, 0.25) is 0 Å². The summed E-state index contributed by atoms with van der Waals surface area (Å²) < 4.78 is 22.6. The maximum Gasteiger partial charge on any atom is 0.315 e. The predicted molar refractivity (Wildman–Crippen MR) is 199 cm³/mol. The Bertz CT molecular complexity index is 1520. The number of rotatable bonds is 7. The summed E-state index contributed by atoms with van der Waals surface area (Å²) in [7, 11) is 0. The van der Waals surface area contributed by atoms with Gasteiger partial charge in [-0.25, -0.2) is 0 Å². The van der Waals surface area contributed by atoms with Crippen LogP contribution in [0.3, 0.4) is 0 Å². The van der Waals surface area contributed by atoms with E-state index in [1.807, 2.05) is 0 Å². The van der Waals surface area contributed by atoms with Gasteiger partial charge in [-0.2, -0.15) is 0 Å². The van der Waals surface area contributed by atoms with Gasteiger partial charge in [-0.05, 0) is 104 Å². The van der Waals surface area contributed by atoms with Gasteiger partial charge in [0.15, 0.2) is 6.29 Å². The molecule has 0 aromatic rings. The number of fused-ring (bicyclic) bond motifs is 7. The van der Waals surface area contributed by atoms with Crippen molar-refractivity contribution in [3.05, 3.63) is 11.6 Å². The zero-order chi connectivity index (χ0) is 41.0. The summed E-state index contributed by atoms with van der Waals surface area (Å²) in [5.74, 6) is -0.0807. The highest BCUT2D eigenvalue weighted by Gasteiger charge is 2.70. The molecule has 56 heavy (non-hydrogen) atoms. The Labute approximate surface area is 330 Å². The highest BCUT2D eigenvalue weighted by molar-refractivity contribution is 5.79. The Balaban J connectivity index is 1.10. The maximum atomic E-state index is 14.7. The molecular weight excluding hydrogens is 728 g/mol. The predicted octanol–water partition coefficient (Wildman–Crippen LogP) is 1.29. The zero-order valence-corrected chi connectivity index (χ0v) is 34.0. The standard InChI is InChI=1S/C42H68O14/c1-36(2)13-15-41(35(51)56-34-31(49)32(50)42(52,21-54-34)20-53-33-30(48)29(47)28(46)24(18-43)55-33)16-14-39(5)22(23(41)17-36)7-8-26-37(3)11-10-27(45)38(4,19-44)25(37)9-12-40(26,39)6/h7,23-34,43-50,52H,8-21H2,1-6H3/t23-,24+,25+,26+,27-,28+,29-,30+,31+,32+,33+,34-,37-,38-,39+,40+,41-,42+/m0/s1. The number of esters is 1. The van der Waals surface area contributed by atoms with E-state index in [4.69, 9.17) is 18.9 Å². The SMILES string of the molecule is CC1(C)CC[C@]2(C(=O)O[C@@H]3OC[C@](O)(CO[C@@H]4O[C@H](CO)[C@@H](O)[C@H](O)[C@H]4O)[C@H](O)[C@H]3O)CC[C@]3(C)C(=CC[C@@H]4[C@@]5(C)CC[C@H](O)[C@@](C)(CO)[C@@H]5CC[C@]43C)[C@@H]2C1. The Hall–Kier alpha value is -1.27. The first-order valence-electron chi connectivity index (χ1n) is 20.9. The Morgan fingerprint density at radius 1 is 0.821 bits per heavy atom.